The van der Waals surface area contributed by atoms with Crippen LogP contribution in [-0.2, 0) is 0 Å². The Hall–Kier alpha value is -1.55. The molecule has 2 rings (SSSR count). The van der Waals surface area contributed by atoms with Crippen molar-refractivity contribution in [3.63, 3.8) is 0 Å². The van der Waals surface area contributed by atoms with Crippen molar-refractivity contribution in [1.82, 2.24) is 0 Å². The number of carboxylic acid groups (broad SMARTS) is 1. The molecule has 19 heavy (non-hydrogen) atoms. The van der Waals surface area contributed by atoms with Crippen molar-refractivity contribution in [2.75, 3.05) is 18.5 Å². The topological polar surface area (TPSA) is 69.6 Å². The zero-order chi connectivity index (χ0) is 13.9. The number of aromatic carboxylic acids is 1. The Morgan fingerprint density at radius 3 is 2.63 bits per heavy atom. The van der Waals surface area contributed by atoms with E-state index < -0.39 is 5.97 Å². The number of aryl methyl sites for hydroxylation is 1. The van der Waals surface area contributed by atoms with Gasteiger partial charge in [-0.1, -0.05) is 25.0 Å². The number of hydrogen-bond acceptors (Lipinski definition) is 3. The van der Waals surface area contributed by atoms with Gasteiger partial charge in [0.2, 0.25) is 0 Å². The van der Waals surface area contributed by atoms with Crippen LogP contribution in [0.25, 0.3) is 0 Å². The highest BCUT2D eigenvalue weighted by molar-refractivity contribution is 5.95. The van der Waals surface area contributed by atoms with Crippen LogP contribution >= 0.6 is 0 Å². The van der Waals surface area contributed by atoms with Crippen LogP contribution in [0.3, 0.4) is 0 Å². The molecule has 104 valence electrons. The normalized spacial score (nSPS) is 17.4. The number of aliphatic hydroxyl groups excluding tert-OH is 1. The van der Waals surface area contributed by atoms with Gasteiger partial charge >= 0.3 is 5.97 Å². The molecule has 3 N–H and O–H groups in total. The van der Waals surface area contributed by atoms with Crippen molar-refractivity contribution in [2.45, 2.75) is 32.6 Å². The predicted molar refractivity (Wildman–Crippen MR) is 74.6 cm³/mol. The maximum Gasteiger partial charge on any atom is 0.337 e. The summed E-state index contributed by atoms with van der Waals surface area (Å²) in [5.74, 6) is -0.921. The van der Waals surface area contributed by atoms with Gasteiger partial charge in [-0.05, 0) is 31.4 Å². The van der Waals surface area contributed by atoms with Crippen LogP contribution in [0, 0.1) is 12.3 Å². The van der Waals surface area contributed by atoms with Gasteiger partial charge in [0, 0.05) is 12.0 Å². The molecule has 0 aliphatic heterocycles. The highest BCUT2D eigenvalue weighted by atomic mass is 16.4. The van der Waals surface area contributed by atoms with Crippen LogP contribution in [0.15, 0.2) is 18.2 Å². The smallest absolute Gasteiger partial charge is 0.337 e. The zero-order valence-corrected chi connectivity index (χ0v) is 11.3. The third-order valence-corrected chi connectivity index (χ3v) is 4.14. The molecule has 1 fully saturated rings. The van der Waals surface area contributed by atoms with E-state index in [0.29, 0.717) is 17.8 Å². The van der Waals surface area contributed by atoms with Gasteiger partial charge in [0.15, 0.2) is 0 Å². The van der Waals surface area contributed by atoms with Gasteiger partial charge in [0.1, 0.15) is 0 Å². The Morgan fingerprint density at radius 2 is 2.05 bits per heavy atom. The summed E-state index contributed by atoms with van der Waals surface area (Å²) in [6.45, 7) is 2.69. The van der Waals surface area contributed by atoms with Crippen LogP contribution in [0.4, 0.5) is 5.69 Å². The first kappa shape index (κ1) is 13.9. The van der Waals surface area contributed by atoms with Gasteiger partial charge in [-0.15, -0.1) is 0 Å². The minimum absolute atomic E-state index is 0.0853. The molecule has 4 nitrogen and oxygen atoms in total. The van der Waals surface area contributed by atoms with Gasteiger partial charge < -0.3 is 15.5 Å². The lowest BCUT2D eigenvalue weighted by atomic mass is 9.87. The number of carboxylic acids is 1. The molecule has 0 aromatic heterocycles. The molecule has 0 unspecified atom stereocenters. The van der Waals surface area contributed by atoms with Crippen LogP contribution in [0.5, 0.6) is 0 Å². The summed E-state index contributed by atoms with van der Waals surface area (Å²) in [6.07, 6.45) is 4.29. The van der Waals surface area contributed by atoms with Crippen molar-refractivity contribution in [3.05, 3.63) is 29.3 Å². The van der Waals surface area contributed by atoms with Crippen molar-refractivity contribution in [3.8, 4) is 0 Å². The van der Waals surface area contributed by atoms with Crippen LogP contribution < -0.4 is 5.32 Å². The summed E-state index contributed by atoms with van der Waals surface area (Å²) in [7, 11) is 0. The summed E-state index contributed by atoms with van der Waals surface area (Å²) in [6, 6.07) is 5.26. The molecule has 0 spiro atoms. The molecule has 1 saturated carbocycles. The summed E-state index contributed by atoms with van der Waals surface area (Å²) < 4.78 is 0. The third-order valence-electron chi connectivity index (χ3n) is 4.14. The summed E-state index contributed by atoms with van der Waals surface area (Å²) >= 11 is 0. The second-order valence-corrected chi connectivity index (χ2v) is 5.52. The Balaban J connectivity index is 2.17. The zero-order valence-electron chi connectivity index (χ0n) is 11.3. The van der Waals surface area contributed by atoms with E-state index in [1.54, 1.807) is 12.1 Å². The molecule has 1 aromatic carbocycles. The number of carbonyl (C=O) groups is 1. The fraction of sp³-hybridized carbons (Fsp3) is 0.533. The van der Waals surface area contributed by atoms with Gasteiger partial charge in [0.05, 0.1) is 17.9 Å². The largest absolute Gasteiger partial charge is 0.478 e. The van der Waals surface area contributed by atoms with E-state index in [0.717, 1.165) is 31.2 Å². The highest BCUT2D eigenvalue weighted by Gasteiger charge is 2.33. The molecule has 1 aliphatic rings. The highest BCUT2D eigenvalue weighted by Crippen LogP contribution is 2.38. The standard InChI is InChI=1S/C15H21NO3/c1-11-5-4-6-12(14(18)19)13(11)16-9-15(10-17)7-2-3-8-15/h4-6,16-17H,2-3,7-10H2,1H3,(H,18,19). The van der Waals surface area contributed by atoms with Gasteiger partial charge in [-0.3, -0.25) is 0 Å². The second kappa shape index (κ2) is 5.61. The van der Waals surface area contributed by atoms with Crippen molar-refractivity contribution in [1.29, 1.82) is 0 Å². The molecule has 0 heterocycles. The third kappa shape index (κ3) is 2.89. The van der Waals surface area contributed by atoms with Crippen LogP contribution in [0.1, 0.15) is 41.6 Å². The van der Waals surface area contributed by atoms with E-state index in [-0.39, 0.29) is 12.0 Å². The number of hydrogen-bond donors (Lipinski definition) is 3. The fourth-order valence-corrected chi connectivity index (χ4v) is 2.87. The van der Waals surface area contributed by atoms with E-state index in [4.69, 9.17) is 0 Å². The maximum absolute atomic E-state index is 11.2. The maximum atomic E-state index is 11.2. The van der Waals surface area contributed by atoms with Crippen molar-refractivity contribution in [2.24, 2.45) is 5.41 Å². The van der Waals surface area contributed by atoms with E-state index in [1.807, 2.05) is 13.0 Å². The molecular weight excluding hydrogens is 242 g/mol. The van der Waals surface area contributed by atoms with E-state index in [9.17, 15) is 15.0 Å². The molecule has 1 aliphatic carbocycles. The molecule has 0 saturated heterocycles. The molecule has 0 radical (unpaired) electrons. The number of aliphatic hydroxyl groups is 1. The number of para-hydroxylation sites is 1. The number of benzene rings is 1. The Bertz CT molecular complexity index is 464. The monoisotopic (exact) mass is 263 g/mol. The first-order valence-corrected chi connectivity index (χ1v) is 6.76. The lowest BCUT2D eigenvalue weighted by Crippen LogP contribution is -2.31. The minimum Gasteiger partial charge on any atom is -0.478 e. The average molecular weight is 263 g/mol. The molecule has 0 amide bonds. The van der Waals surface area contributed by atoms with Gasteiger partial charge in [0.25, 0.3) is 0 Å². The Kier molecular flexibility index (Phi) is 4.10. The lowest BCUT2D eigenvalue weighted by Gasteiger charge is -2.28. The molecule has 0 bridgehead atoms. The van der Waals surface area contributed by atoms with Crippen molar-refractivity contribution < 1.29 is 15.0 Å². The fourth-order valence-electron chi connectivity index (χ4n) is 2.87. The van der Waals surface area contributed by atoms with Crippen LogP contribution in [0.2, 0.25) is 0 Å². The van der Waals surface area contributed by atoms with E-state index in [1.165, 1.54) is 0 Å². The lowest BCUT2D eigenvalue weighted by molar-refractivity contribution is 0.0697. The van der Waals surface area contributed by atoms with E-state index in [2.05, 4.69) is 5.32 Å². The number of nitrogens with one attached hydrogen (secondary N) is 1. The first-order chi connectivity index (χ1) is 9.08. The van der Waals surface area contributed by atoms with Crippen molar-refractivity contribution >= 4 is 11.7 Å². The minimum atomic E-state index is -0.921. The quantitative estimate of drug-likeness (QED) is 0.764. The predicted octanol–water partition coefficient (Wildman–Crippen LogP) is 2.66. The summed E-state index contributed by atoms with van der Waals surface area (Å²) in [4.78, 5) is 11.2. The molecule has 1 aromatic rings. The first-order valence-electron chi connectivity index (χ1n) is 6.76. The average Bonchev–Trinajstić information content (AvgIpc) is 2.86. The molecular formula is C15H21NO3. The second-order valence-electron chi connectivity index (χ2n) is 5.52. The molecule has 4 heteroatoms. The van der Waals surface area contributed by atoms with Gasteiger partial charge in [-0.25, -0.2) is 4.79 Å². The van der Waals surface area contributed by atoms with Gasteiger partial charge in [-0.2, -0.15) is 0 Å². The Labute approximate surface area is 113 Å². The van der Waals surface area contributed by atoms with Crippen LogP contribution in [-0.4, -0.2) is 29.3 Å². The Morgan fingerprint density at radius 1 is 1.37 bits per heavy atom. The molecule has 0 atom stereocenters. The number of rotatable bonds is 5. The summed E-state index contributed by atoms with van der Waals surface area (Å²) in [5, 5.41) is 22.1. The summed E-state index contributed by atoms with van der Waals surface area (Å²) in [5.41, 5.74) is 1.81. The van der Waals surface area contributed by atoms with E-state index >= 15 is 0 Å². The SMILES string of the molecule is Cc1cccc(C(=O)O)c1NCC1(CO)CCCC1. The number of anilines is 1.